The molecule has 0 aliphatic heterocycles. The smallest absolute Gasteiger partial charge is 0.226 e. The number of hydrogen-bond acceptors (Lipinski definition) is 5. The summed E-state index contributed by atoms with van der Waals surface area (Å²) in [5, 5.41) is 13.2. The van der Waals surface area contributed by atoms with Gasteiger partial charge in [0.05, 0.1) is 12.2 Å². The molecule has 0 bridgehead atoms. The van der Waals surface area contributed by atoms with Crippen molar-refractivity contribution in [2.45, 2.75) is 39.7 Å². The van der Waals surface area contributed by atoms with Crippen LogP contribution in [0.15, 0.2) is 28.8 Å². The lowest BCUT2D eigenvalue weighted by Crippen LogP contribution is -2.16. The van der Waals surface area contributed by atoms with Crippen LogP contribution in [0.2, 0.25) is 0 Å². The number of nitriles is 1. The molecule has 0 saturated heterocycles. The van der Waals surface area contributed by atoms with Crippen molar-refractivity contribution in [2.24, 2.45) is 0 Å². The zero-order chi connectivity index (χ0) is 14.4. The van der Waals surface area contributed by atoms with E-state index in [4.69, 9.17) is 4.52 Å². The Morgan fingerprint density at radius 2 is 2.20 bits per heavy atom. The van der Waals surface area contributed by atoms with Crippen molar-refractivity contribution in [3.8, 4) is 6.19 Å². The third-order valence-electron chi connectivity index (χ3n) is 3.02. The predicted molar refractivity (Wildman–Crippen MR) is 75.9 cm³/mol. The van der Waals surface area contributed by atoms with E-state index in [0.717, 1.165) is 24.9 Å². The average Bonchev–Trinajstić information content (AvgIpc) is 2.92. The van der Waals surface area contributed by atoms with Crippen molar-refractivity contribution in [2.75, 3.05) is 4.90 Å². The van der Waals surface area contributed by atoms with Gasteiger partial charge in [-0.1, -0.05) is 31.1 Å². The van der Waals surface area contributed by atoms with Gasteiger partial charge in [-0.15, -0.1) is 0 Å². The molecule has 0 unspecified atom stereocenters. The molecule has 1 aromatic carbocycles. The zero-order valence-corrected chi connectivity index (χ0v) is 11.8. The highest BCUT2D eigenvalue weighted by molar-refractivity contribution is 5.52. The normalized spacial score (nSPS) is 10.2. The van der Waals surface area contributed by atoms with Crippen LogP contribution in [-0.4, -0.2) is 10.1 Å². The topological polar surface area (TPSA) is 66.0 Å². The molecule has 2 rings (SSSR count). The van der Waals surface area contributed by atoms with E-state index in [1.807, 2.05) is 24.3 Å². The van der Waals surface area contributed by atoms with Crippen molar-refractivity contribution in [3.63, 3.8) is 0 Å². The van der Waals surface area contributed by atoms with E-state index < -0.39 is 0 Å². The van der Waals surface area contributed by atoms with E-state index in [0.29, 0.717) is 18.3 Å². The SMILES string of the molecule is CCCc1nc(CN(C#N)c2cccc(CC)c2)no1. The predicted octanol–water partition coefficient (Wildman–Crippen LogP) is 3.07. The molecule has 1 heterocycles. The molecule has 1 aromatic heterocycles. The number of benzene rings is 1. The van der Waals surface area contributed by atoms with Gasteiger partial charge in [-0.05, 0) is 30.5 Å². The van der Waals surface area contributed by atoms with Gasteiger partial charge in [0, 0.05) is 6.42 Å². The molecular formula is C15H18N4O. The summed E-state index contributed by atoms with van der Waals surface area (Å²) in [7, 11) is 0. The Kier molecular flexibility index (Phi) is 4.72. The minimum atomic E-state index is 0.330. The lowest BCUT2D eigenvalue weighted by molar-refractivity contribution is 0.372. The molecule has 0 atom stereocenters. The van der Waals surface area contributed by atoms with Crippen LogP contribution in [-0.2, 0) is 19.4 Å². The lowest BCUT2D eigenvalue weighted by Gasteiger charge is -2.14. The summed E-state index contributed by atoms with van der Waals surface area (Å²) in [4.78, 5) is 5.85. The number of nitrogens with zero attached hydrogens (tertiary/aromatic N) is 4. The molecular weight excluding hydrogens is 252 g/mol. The number of aromatic nitrogens is 2. The molecule has 0 aliphatic rings. The van der Waals surface area contributed by atoms with Crippen LogP contribution in [0, 0.1) is 11.5 Å². The summed E-state index contributed by atoms with van der Waals surface area (Å²) >= 11 is 0. The van der Waals surface area contributed by atoms with Gasteiger partial charge >= 0.3 is 0 Å². The number of rotatable bonds is 6. The molecule has 5 nitrogen and oxygen atoms in total. The van der Waals surface area contributed by atoms with Crippen LogP contribution in [0.3, 0.4) is 0 Å². The van der Waals surface area contributed by atoms with E-state index in [1.165, 1.54) is 5.56 Å². The Bertz CT molecular complexity index is 600. The van der Waals surface area contributed by atoms with E-state index in [-0.39, 0.29) is 0 Å². The molecule has 0 fully saturated rings. The van der Waals surface area contributed by atoms with Crippen LogP contribution in [0.1, 0.15) is 37.5 Å². The summed E-state index contributed by atoms with van der Waals surface area (Å²) in [6.07, 6.45) is 4.84. The first kappa shape index (κ1) is 14.1. The Balaban J connectivity index is 2.13. The maximum absolute atomic E-state index is 9.30. The van der Waals surface area contributed by atoms with Gasteiger partial charge in [-0.3, -0.25) is 4.90 Å². The summed E-state index contributed by atoms with van der Waals surface area (Å²) in [6.45, 7) is 4.48. The minimum absolute atomic E-state index is 0.330. The fraction of sp³-hybridized carbons (Fsp3) is 0.400. The molecule has 0 spiro atoms. The molecule has 0 N–H and O–H groups in total. The van der Waals surface area contributed by atoms with Crippen molar-refractivity contribution < 1.29 is 4.52 Å². The van der Waals surface area contributed by atoms with E-state index in [1.54, 1.807) is 4.90 Å². The summed E-state index contributed by atoms with van der Waals surface area (Å²) in [5.41, 5.74) is 2.05. The number of anilines is 1. The first-order chi connectivity index (χ1) is 9.76. The first-order valence-corrected chi connectivity index (χ1v) is 6.84. The second-order valence-corrected chi connectivity index (χ2v) is 4.56. The molecule has 0 saturated carbocycles. The quantitative estimate of drug-likeness (QED) is 0.596. The number of hydrogen-bond donors (Lipinski definition) is 0. The maximum atomic E-state index is 9.30. The summed E-state index contributed by atoms with van der Waals surface area (Å²) in [6, 6.07) is 7.93. The van der Waals surface area contributed by atoms with Gasteiger partial charge in [-0.25, -0.2) is 0 Å². The van der Waals surface area contributed by atoms with Crippen LogP contribution in [0.25, 0.3) is 0 Å². The highest BCUT2D eigenvalue weighted by Gasteiger charge is 2.12. The summed E-state index contributed by atoms with van der Waals surface area (Å²) < 4.78 is 5.13. The minimum Gasteiger partial charge on any atom is -0.339 e. The molecule has 104 valence electrons. The molecule has 0 radical (unpaired) electrons. The van der Waals surface area contributed by atoms with Crippen molar-refractivity contribution >= 4 is 5.69 Å². The molecule has 0 amide bonds. The van der Waals surface area contributed by atoms with Gasteiger partial charge in [0.1, 0.15) is 0 Å². The Labute approximate surface area is 118 Å². The highest BCUT2D eigenvalue weighted by atomic mass is 16.5. The largest absolute Gasteiger partial charge is 0.339 e. The molecule has 2 aromatic rings. The van der Waals surface area contributed by atoms with Crippen LogP contribution >= 0.6 is 0 Å². The second kappa shape index (κ2) is 6.71. The van der Waals surface area contributed by atoms with Gasteiger partial charge < -0.3 is 4.52 Å². The second-order valence-electron chi connectivity index (χ2n) is 4.56. The van der Waals surface area contributed by atoms with Crippen molar-refractivity contribution in [1.82, 2.24) is 10.1 Å². The Hall–Kier alpha value is -2.35. The molecule has 5 heteroatoms. The standard InChI is InChI=1S/C15H18N4O/c1-3-6-15-17-14(18-20-15)10-19(11-16)13-8-5-7-12(4-2)9-13/h5,7-9H,3-4,6,10H2,1-2H3. The van der Waals surface area contributed by atoms with Gasteiger partial charge in [0.25, 0.3) is 0 Å². The molecule has 0 aliphatic carbocycles. The average molecular weight is 270 g/mol. The van der Waals surface area contributed by atoms with Crippen LogP contribution in [0.4, 0.5) is 5.69 Å². The van der Waals surface area contributed by atoms with Gasteiger partial charge in [0.15, 0.2) is 12.0 Å². The number of aryl methyl sites for hydroxylation is 2. The van der Waals surface area contributed by atoms with E-state index >= 15 is 0 Å². The molecule has 20 heavy (non-hydrogen) atoms. The van der Waals surface area contributed by atoms with Crippen LogP contribution in [0.5, 0.6) is 0 Å². The highest BCUT2D eigenvalue weighted by Crippen LogP contribution is 2.18. The third-order valence-corrected chi connectivity index (χ3v) is 3.02. The Morgan fingerprint density at radius 1 is 1.35 bits per heavy atom. The van der Waals surface area contributed by atoms with Gasteiger partial charge in [0.2, 0.25) is 5.89 Å². The Morgan fingerprint density at radius 3 is 2.90 bits per heavy atom. The van der Waals surface area contributed by atoms with E-state index in [9.17, 15) is 5.26 Å². The fourth-order valence-electron chi connectivity index (χ4n) is 1.94. The van der Waals surface area contributed by atoms with Crippen molar-refractivity contribution in [3.05, 3.63) is 41.5 Å². The third kappa shape index (κ3) is 3.35. The lowest BCUT2D eigenvalue weighted by atomic mass is 10.1. The monoisotopic (exact) mass is 270 g/mol. The zero-order valence-electron chi connectivity index (χ0n) is 11.8. The summed E-state index contributed by atoms with van der Waals surface area (Å²) in [5.74, 6) is 1.17. The maximum Gasteiger partial charge on any atom is 0.226 e. The van der Waals surface area contributed by atoms with Crippen molar-refractivity contribution in [1.29, 1.82) is 5.26 Å². The van der Waals surface area contributed by atoms with Gasteiger partial charge in [-0.2, -0.15) is 10.2 Å². The first-order valence-electron chi connectivity index (χ1n) is 6.84. The van der Waals surface area contributed by atoms with E-state index in [2.05, 4.69) is 30.2 Å². The van der Waals surface area contributed by atoms with Crippen LogP contribution < -0.4 is 4.90 Å². The fourth-order valence-corrected chi connectivity index (χ4v) is 1.94.